The standard InChI is InChI=1S/C13H16Cl2N2O2/c14-11-6-5-9(12(15)17-11)13(19)16-7-8-3-1-2-4-10(8)18/h5-6,8,10,18H,1-4,7H2,(H,16,19). The quantitative estimate of drug-likeness (QED) is 0.844. The molecule has 104 valence electrons. The van der Waals surface area contributed by atoms with Crippen molar-refractivity contribution in [2.45, 2.75) is 31.8 Å². The van der Waals surface area contributed by atoms with E-state index in [0.717, 1.165) is 25.7 Å². The number of pyridine rings is 1. The number of nitrogens with zero attached hydrogens (tertiary/aromatic N) is 1. The topological polar surface area (TPSA) is 62.2 Å². The van der Waals surface area contributed by atoms with Gasteiger partial charge in [-0.15, -0.1) is 0 Å². The summed E-state index contributed by atoms with van der Waals surface area (Å²) in [5.41, 5.74) is 0.302. The van der Waals surface area contributed by atoms with Gasteiger partial charge in [0.05, 0.1) is 11.7 Å². The van der Waals surface area contributed by atoms with E-state index in [9.17, 15) is 9.90 Å². The Morgan fingerprint density at radius 2 is 2.11 bits per heavy atom. The Labute approximate surface area is 122 Å². The van der Waals surface area contributed by atoms with Gasteiger partial charge >= 0.3 is 0 Å². The van der Waals surface area contributed by atoms with E-state index >= 15 is 0 Å². The van der Waals surface area contributed by atoms with E-state index < -0.39 is 0 Å². The number of halogens is 2. The molecule has 1 saturated carbocycles. The minimum Gasteiger partial charge on any atom is -0.393 e. The van der Waals surface area contributed by atoms with Crippen LogP contribution in [0.3, 0.4) is 0 Å². The first-order chi connectivity index (χ1) is 9.08. The lowest BCUT2D eigenvalue weighted by molar-refractivity contribution is 0.0663. The molecule has 1 aromatic heterocycles. The van der Waals surface area contributed by atoms with Crippen molar-refractivity contribution < 1.29 is 9.90 Å². The fourth-order valence-corrected chi connectivity index (χ4v) is 2.76. The van der Waals surface area contributed by atoms with Crippen LogP contribution in [0.1, 0.15) is 36.0 Å². The van der Waals surface area contributed by atoms with Gasteiger partial charge in [-0.2, -0.15) is 0 Å². The van der Waals surface area contributed by atoms with Crippen molar-refractivity contribution in [2.24, 2.45) is 5.92 Å². The summed E-state index contributed by atoms with van der Waals surface area (Å²) in [5.74, 6) is -0.163. The molecule has 1 aliphatic rings. The lowest BCUT2D eigenvalue weighted by Crippen LogP contribution is -2.36. The lowest BCUT2D eigenvalue weighted by atomic mass is 9.86. The van der Waals surface area contributed by atoms with Gasteiger partial charge in [-0.05, 0) is 25.0 Å². The fraction of sp³-hybridized carbons (Fsp3) is 0.538. The van der Waals surface area contributed by atoms with Gasteiger partial charge in [0.25, 0.3) is 5.91 Å². The molecule has 0 radical (unpaired) electrons. The second-order valence-electron chi connectivity index (χ2n) is 4.79. The number of carbonyl (C=O) groups excluding carboxylic acids is 1. The summed E-state index contributed by atoms with van der Waals surface area (Å²) in [6.45, 7) is 0.457. The van der Waals surface area contributed by atoms with Crippen LogP contribution in [0.5, 0.6) is 0 Å². The Hall–Kier alpha value is -0.840. The van der Waals surface area contributed by atoms with Crippen LogP contribution in [0.2, 0.25) is 10.3 Å². The van der Waals surface area contributed by atoms with Crippen LogP contribution in [0.15, 0.2) is 12.1 Å². The number of hydrogen-bond acceptors (Lipinski definition) is 3. The molecular formula is C13H16Cl2N2O2. The predicted octanol–water partition coefficient (Wildman–Crippen LogP) is 2.67. The number of aliphatic hydroxyl groups is 1. The predicted molar refractivity (Wildman–Crippen MR) is 74.6 cm³/mol. The van der Waals surface area contributed by atoms with E-state index in [1.807, 2.05) is 0 Å². The maximum absolute atomic E-state index is 12.0. The first-order valence-electron chi connectivity index (χ1n) is 6.36. The highest BCUT2D eigenvalue weighted by Gasteiger charge is 2.23. The minimum atomic E-state index is -0.326. The third kappa shape index (κ3) is 3.81. The van der Waals surface area contributed by atoms with E-state index in [2.05, 4.69) is 10.3 Å². The molecule has 1 aromatic rings. The molecule has 2 N–H and O–H groups in total. The molecule has 1 heterocycles. The van der Waals surface area contributed by atoms with E-state index in [-0.39, 0.29) is 28.2 Å². The summed E-state index contributed by atoms with van der Waals surface area (Å²) in [7, 11) is 0. The molecule has 0 aliphatic heterocycles. The van der Waals surface area contributed by atoms with Crippen LogP contribution in [0, 0.1) is 5.92 Å². The number of nitrogens with one attached hydrogen (secondary N) is 1. The highest BCUT2D eigenvalue weighted by atomic mass is 35.5. The van der Waals surface area contributed by atoms with Gasteiger partial charge in [-0.1, -0.05) is 36.0 Å². The molecule has 1 aliphatic carbocycles. The molecule has 1 fully saturated rings. The average molecular weight is 303 g/mol. The van der Waals surface area contributed by atoms with Crippen molar-refractivity contribution in [1.82, 2.24) is 10.3 Å². The lowest BCUT2D eigenvalue weighted by Gasteiger charge is -2.27. The Kier molecular flexibility index (Phi) is 5.02. The summed E-state index contributed by atoms with van der Waals surface area (Å²) in [4.78, 5) is 15.8. The van der Waals surface area contributed by atoms with Crippen LogP contribution in [0.4, 0.5) is 0 Å². The van der Waals surface area contributed by atoms with Gasteiger partial charge in [0.15, 0.2) is 0 Å². The van der Waals surface area contributed by atoms with Crippen LogP contribution in [-0.4, -0.2) is 28.6 Å². The molecule has 0 saturated heterocycles. The molecule has 0 spiro atoms. The van der Waals surface area contributed by atoms with Gasteiger partial charge in [0.2, 0.25) is 0 Å². The van der Waals surface area contributed by atoms with E-state index in [0.29, 0.717) is 12.1 Å². The largest absolute Gasteiger partial charge is 0.393 e. The highest BCUT2D eigenvalue weighted by molar-refractivity contribution is 6.34. The van der Waals surface area contributed by atoms with Crippen LogP contribution in [-0.2, 0) is 0 Å². The third-order valence-electron chi connectivity index (χ3n) is 3.45. The molecule has 2 atom stereocenters. The number of carbonyl (C=O) groups is 1. The molecule has 0 bridgehead atoms. The maximum atomic E-state index is 12.0. The summed E-state index contributed by atoms with van der Waals surface area (Å²) in [6, 6.07) is 3.07. The third-order valence-corrected chi connectivity index (χ3v) is 3.95. The maximum Gasteiger partial charge on any atom is 0.254 e. The van der Waals surface area contributed by atoms with Crippen molar-refractivity contribution in [3.8, 4) is 0 Å². The van der Waals surface area contributed by atoms with Gasteiger partial charge in [0, 0.05) is 12.5 Å². The van der Waals surface area contributed by atoms with Gasteiger partial charge in [0.1, 0.15) is 10.3 Å². The number of hydrogen-bond donors (Lipinski definition) is 2. The van der Waals surface area contributed by atoms with Gasteiger partial charge in [-0.25, -0.2) is 4.98 Å². The molecular weight excluding hydrogens is 287 g/mol. The number of rotatable bonds is 3. The Bertz CT molecular complexity index is 468. The zero-order valence-corrected chi connectivity index (χ0v) is 11.9. The highest BCUT2D eigenvalue weighted by Crippen LogP contribution is 2.24. The Morgan fingerprint density at radius 1 is 1.37 bits per heavy atom. The molecule has 19 heavy (non-hydrogen) atoms. The fourth-order valence-electron chi connectivity index (χ4n) is 2.33. The minimum absolute atomic E-state index is 0.0918. The smallest absolute Gasteiger partial charge is 0.254 e. The van der Waals surface area contributed by atoms with Crippen molar-refractivity contribution in [3.05, 3.63) is 28.0 Å². The normalized spacial score (nSPS) is 23.1. The molecule has 0 aromatic carbocycles. The molecule has 6 heteroatoms. The first-order valence-corrected chi connectivity index (χ1v) is 7.12. The van der Waals surface area contributed by atoms with Gasteiger partial charge in [-0.3, -0.25) is 4.79 Å². The SMILES string of the molecule is O=C(NCC1CCCCC1O)c1ccc(Cl)nc1Cl. The van der Waals surface area contributed by atoms with Crippen LogP contribution in [0.25, 0.3) is 0 Å². The van der Waals surface area contributed by atoms with Crippen molar-refractivity contribution >= 4 is 29.1 Å². The second kappa shape index (κ2) is 6.55. The molecule has 2 rings (SSSR count). The van der Waals surface area contributed by atoms with E-state index in [1.54, 1.807) is 6.07 Å². The molecule has 4 nitrogen and oxygen atoms in total. The summed E-state index contributed by atoms with van der Waals surface area (Å²) in [5, 5.41) is 13.0. The van der Waals surface area contributed by atoms with Crippen LogP contribution < -0.4 is 5.32 Å². The van der Waals surface area contributed by atoms with Crippen molar-refractivity contribution in [2.75, 3.05) is 6.54 Å². The Balaban J connectivity index is 1.93. The average Bonchev–Trinajstić information content (AvgIpc) is 2.37. The molecule has 2 unspecified atom stereocenters. The number of aliphatic hydroxyl groups excluding tert-OH is 1. The Morgan fingerprint density at radius 3 is 2.79 bits per heavy atom. The van der Waals surface area contributed by atoms with Crippen molar-refractivity contribution in [3.63, 3.8) is 0 Å². The summed E-state index contributed by atoms with van der Waals surface area (Å²) >= 11 is 11.5. The van der Waals surface area contributed by atoms with E-state index in [1.165, 1.54) is 6.07 Å². The van der Waals surface area contributed by atoms with Gasteiger partial charge < -0.3 is 10.4 Å². The molecule has 1 amide bonds. The number of amides is 1. The van der Waals surface area contributed by atoms with Crippen LogP contribution >= 0.6 is 23.2 Å². The first kappa shape index (κ1) is 14.6. The zero-order chi connectivity index (χ0) is 13.8. The summed E-state index contributed by atoms with van der Waals surface area (Å²) in [6.07, 6.45) is 3.57. The number of aromatic nitrogens is 1. The van der Waals surface area contributed by atoms with E-state index in [4.69, 9.17) is 23.2 Å². The van der Waals surface area contributed by atoms with Crippen molar-refractivity contribution in [1.29, 1.82) is 0 Å². The zero-order valence-electron chi connectivity index (χ0n) is 10.4. The second-order valence-corrected chi connectivity index (χ2v) is 5.54. The monoisotopic (exact) mass is 302 g/mol. The summed E-state index contributed by atoms with van der Waals surface area (Å²) < 4.78 is 0.